The van der Waals surface area contributed by atoms with Crippen LogP contribution in [0.1, 0.15) is 65.4 Å². The number of benzene rings is 1. The lowest BCUT2D eigenvalue weighted by Crippen LogP contribution is -2.32. The molecule has 146 valence electrons. The van der Waals surface area contributed by atoms with Gasteiger partial charge in [0.1, 0.15) is 17.1 Å². The molecule has 0 aliphatic carbocycles. The maximum atomic E-state index is 11.6. The molecule has 1 aromatic rings. The van der Waals surface area contributed by atoms with Crippen LogP contribution in [0.15, 0.2) is 34.5 Å². The van der Waals surface area contributed by atoms with Gasteiger partial charge >= 0.3 is 6.09 Å². The molecule has 0 spiro atoms. The number of amides is 1. The average Bonchev–Trinajstić information content (AvgIpc) is 2.53. The van der Waals surface area contributed by atoms with Crippen LogP contribution in [0.3, 0.4) is 0 Å². The Kier molecular flexibility index (Phi) is 9.78. The summed E-state index contributed by atoms with van der Waals surface area (Å²) in [4.78, 5) is 11.6. The van der Waals surface area contributed by atoms with Crippen molar-refractivity contribution in [2.24, 2.45) is 0 Å². The van der Waals surface area contributed by atoms with Crippen molar-refractivity contribution in [2.45, 2.75) is 72.3 Å². The van der Waals surface area contributed by atoms with Crippen molar-refractivity contribution in [1.82, 2.24) is 5.32 Å². The molecule has 0 saturated heterocycles. The van der Waals surface area contributed by atoms with E-state index in [1.54, 1.807) is 0 Å². The second-order valence-electron chi connectivity index (χ2n) is 7.28. The topological polar surface area (TPSA) is 47.6 Å². The molecule has 0 radical (unpaired) electrons. The van der Waals surface area contributed by atoms with Gasteiger partial charge in [0.2, 0.25) is 0 Å². The summed E-state index contributed by atoms with van der Waals surface area (Å²) < 4.78 is 12.4. The van der Waals surface area contributed by atoms with Crippen LogP contribution < -0.4 is 10.1 Å². The highest BCUT2D eigenvalue weighted by Gasteiger charge is 2.15. The van der Waals surface area contributed by atoms with Crippen molar-refractivity contribution < 1.29 is 14.3 Å². The van der Waals surface area contributed by atoms with Crippen molar-refractivity contribution in [1.29, 1.82) is 0 Å². The van der Waals surface area contributed by atoms with Crippen LogP contribution in [0.5, 0.6) is 5.75 Å². The Morgan fingerprint density at radius 3 is 2.62 bits per heavy atom. The normalized spacial score (nSPS) is 12.0. The second-order valence-corrected chi connectivity index (χ2v) is 8.14. The summed E-state index contributed by atoms with van der Waals surface area (Å²) in [6.07, 6.45) is 6.60. The molecule has 5 heteroatoms. The SMILES string of the molecule is CC/C=C(/CCCCCNC(=O)OC(C)(C)C)Oc1cccc(Br)c1C. The van der Waals surface area contributed by atoms with Crippen LogP contribution in [0, 0.1) is 6.92 Å². The molecule has 4 nitrogen and oxygen atoms in total. The number of nitrogens with one attached hydrogen (secondary N) is 1. The Labute approximate surface area is 166 Å². The number of allylic oxidation sites excluding steroid dienone is 2. The number of carbonyl (C=O) groups excluding carboxylic acids is 1. The average molecular weight is 426 g/mol. The molecular formula is C21H32BrNO3. The lowest BCUT2D eigenvalue weighted by atomic mass is 10.1. The van der Waals surface area contributed by atoms with Gasteiger partial charge in [-0.1, -0.05) is 35.3 Å². The van der Waals surface area contributed by atoms with Gasteiger partial charge in [-0.2, -0.15) is 0 Å². The minimum absolute atomic E-state index is 0.350. The summed E-state index contributed by atoms with van der Waals surface area (Å²) in [7, 11) is 0. The fraction of sp³-hybridized carbons (Fsp3) is 0.571. The molecule has 1 N–H and O–H groups in total. The molecule has 0 atom stereocenters. The van der Waals surface area contributed by atoms with Gasteiger partial charge in [-0.25, -0.2) is 4.79 Å². The number of ether oxygens (including phenoxy) is 2. The highest BCUT2D eigenvalue weighted by atomic mass is 79.9. The van der Waals surface area contributed by atoms with Gasteiger partial charge in [0, 0.05) is 23.0 Å². The molecule has 0 saturated carbocycles. The van der Waals surface area contributed by atoms with Crippen LogP contribution in [0.4, 0.5) is 4.79 Å². The zero-order valence-corrected chi connectivity index (χ0v) is 18.2. The number of hydrogen-bond donors (Lipinski definition) is 1. The first-order valence-corrected chi connectivity index (χ1v) is 10.1. The van der Waals surface area contributed by atoms with Gasteiger partial charge in [-0.05, 0) is 65.2 Å². The van der Waals surface area contributed by atoms with E-state index in [1.807, 2.05) is 45.9 Å². The van der Waals surface area contributed by atoms with Crippen molar-refractivity contribution in [2.75, 3.05) is 6.54 Å². The van der Waals surface area contributed by atoms with Crippen molar-refractivity contribution in [3.05, 3.63) is 40.1 Å². The minimum Gasteiger partial charge on any atom is -0.462 e. The highest BCUT2D eigenvalue weighted by Crippen LogP contribution is 2.28. The molecular weight excluding hydrogens is 394 g/mol. The first-order chi connectivity index (χ1) is 12.2. The van der Waals surface area contributed by atoms with Gasteiger partial charge in [-0.3, -0.25) is 0 Å². The number of halogens is 1. The minimum atomic E-state index is -0.453. The fourth-order valence-corrected chi connectivity index (χ4v) is 2.72. The van der Waals surface area contributed by atoms with E-state index in [0.717, 1.165) is 53.6 Å². The van der Waals surface area contributed by atoms with Crippen LogP contribution in [-0.2, 0) is 4.74 Å². The lowest BCUT2D eigenvalue weighted by Gasteiger charge is -2.19. The summed E-state index contributed by atoms with van der Waals surface area (Å²) >= 11 is 3.54. The van der Waals surface area contributed by atoms with Crippen molar-refractivity contribution in [3.8, 4) is 5.75 Å². The fourth-order valence-electron chi connectivity index (χ4n) is 2.37. The summed E-state index contributed by atoms with van der Waals surface area (Å²) in [5.74, 6) is 1.90. The van der Waals surface area contributed by atoms with Gasteiger partial charge in [0.25, 0.3) is 0 Å². The molecule has 0 unspecified atom stereocenters. The van der Waals surface area contributed by atoms with E-state index in [2.05, 4.69) is 34.2 Å². The van der Waals surface area contributed by atoms with E-state index in [0.29, 0.717) is 6.54 Å². The Bertz CT molecular complexity index is 606. The van der Waals surface area contributed by atoms with E-state index < -0.39 is 5.60 Å². The molecule has 1 aromatic carbocycles. The molecule has 0 aliphatic rings. The molecule has 0 aliphatic heterocycles. The summed E-state index contributed by atoms with van der Waals surface area (Å²) in [6, 6.07) is 6.00. The van der Waals surface area contributed by atoms with Gasteiger partial charge in [0.05, 0.1) is 0 Å². The van der Waals surface area contributed by atoms with Gasteiger partial charge in [0.15, 0.2) is 0 Å². The van der Waals surface area contributed by atoms with Gasteiger partial charge < -0.3 is 14.8 Å². The van der Waals surface area contributed by atoms with Crippen LogP contribution in [-0.4, -0.2) is 18.2 Å². The summed E-state index contributed by atoms with van der Waals surface area (Å²) in [6.45, 7) is 10.4. The predicted molar refractivity (Wildman–Crippen MR) is 111 cm³/mol. The largest absolute Gasteiger partial charge is 0.462 e. The van der Waals surface area contributed by atoms with Crippen molar-refractivity contribution >= 4 is 22.0 Å². The zero-order valence-electron chi connectivity index (χ0n) is 16.7. The standard InChI is InChI=1S/C21H32BrNO3/c1-6-11-17(25-19-14-10-13-18(22)16(19)2)12-8-7-9-15-23-20(24)26-21(3,4)5/h10-11,13-14H,6-9,12,15H2,1-5H3,(H,23,24)/b17-11-. The van der Waals surface area contributed by atoms with E-state index in [4.69, 9.17) is 9.47 Å². The quantitative estimate of drug-likeness (QED) is 0.361. The number of rotatable bonds is 9. The van der Waals surface area contributed by atoms with E-state index in [-0.39, 0.29) is 6.09 Å². The number of carbonyl (C=O) groups is 1. The predicted octanol–water partition coefficient (Wildman–Crippen LogP) is 6.52. The number of unbranched alkanes of at least 4 members (excludes halogenated alkanes) is 2. The summed E-state index contributed by atoms with van der Waals surface area (Å²) in [5, 5.41) is 2.79. The maximum absolute atomic E-state index is 11.6. The molecule has 1 rings (SSSR count). The molecule has 1 amide bonds. The maximum Gasteiger partial charge on any atom is 0.407 e. The van der Waals surface area contributed by atoms with Crippen LogP contribution in [0.25, 0.3) is 0 Å². The monoisotopic (exact) mass is 425 g/mol. The van der Waals surface area contributed by atoms with E-state index >= 15 is 0 Å². The zero-order chi connectivity index (χ0) is 19.6. The van der Waals surface area contributed by atoms with Crippen LogP contribution in [0.2, 0.25) is 0 Å². The molecule has 0 fully saturated rings. The molecule has 0 aromatic heterocycles. The van der Waals surface area contributed by atoms with E-state index in [9.17, 15) is 4.79 Å². The Hall–Kier alpha value is -1.49. The van der Waals surface area contributed by atoms with Gasteiger partial charge in [-0.15, -0.1) is 0 Å². The number of alkyl carbamates (subject to hydrolysis) is 1. The molecule has 26 heavy (non-hydrogen) atoms. The lowest BCUT2D eigenvalue weighted by molar-refractivity contribution is 0.0527. The Balaban J connectivity index is 2.33. The second kappa shape index (κ2) is 11.3. The third kappa shape index (κ3) is 9.27. The highest BCUT2D eigenvalue weighted by molar-refractivity contribution is 9.10. The Morgan fingerprint density at radius 1 is 1.23 bits per heavy atom. The number of hydrogen-bond acceptors (Lipinski definition) is 3. The Morgan fingerprint density at radius 2 is 1.96 bits per heavy atom. The third-order valence-electron chi connectivity index (χ3n) is 3.66. The summed E-state index contributed by atoms with van der Waals surface area (Å²) in [5.41, 5.74) is 0.655. The first-order valence-electron chi connectivity index (χ1n) is 9.31. The van der Waals surface area contributed by atoms with Crippen LogP contribution >= 0.6 is 15.9 Å². The smallest absolute Gasteiger partial charge is 0.407 e. The third-order valence-corrected chi connectivity index (χ3v) is 4.52. The molecule has 0 heterocycles. The van der Waals surface area contributed by atoms with Crippen molar-refractivity contribution in [3.63, 3.8) is 0 Å². The van der Waals surface area contributed by atoms with E-state index in [1.165, 1.54) is 0 Å². The molecule has 0 bridgehead atoms. The first kappa shape index (κ1) is 22.6.